The van der Waals surface area contributed by atoms with Gasteiger partial charge in [0.05, 0.1) is 11.5 Å². The molecule has 1 aromatic carbocycles. The number of hydrogen-bond acceptors (Lipinski definition) is 5. The van der Waals surface area contributed by atoms with Crippen molar-refractivity contribution in [2.45, 2.75) is 26.3 Å². The monoisotopic (exact) mass is 343 g/mol. The Labute approximate surface area is 146 Å². The van der Waals surface area contributed by atoms with Crippen LogP contribution in [0.2, 0.25) is 0 Å². The van der Waals surface area contributed by atoms with Crippen molar-refractivity contribution in [3.63, 3.8) is 0 Å². The van der Waals surface area contributed by atoms with Crippen molar-refractivity contribution in [2.24, 2.45) is 0 Å². The number of amides is 1. The Morgan fingerprint density at radius 3 is 2.60 bits per heavy atom. The minimum absolute atomic E-state index is 0.145. The maximum absolute atomic E-state index is 12.7. The van der Waals surface area contributed by atoms with Crippen LogP contribution in [-0.4, -0.2) is 35.9 Å². The number of aryl methyl sites for hydroxylation is 1. The third-order valence-electron chi connectivity index (χ3n) is 4.43. The van der Waals surface area contributed by atoms with Gasteiger partial charge in [-0.25, -0.2) is 0 Å². The molecule has 7 nitrogen and oxygen atoms in total. The maximum atomic E-state index is 12.7. The quantitative estimate of drug-likeness (QED) is 0.614. The van der Waals surface area contributed by atoms with E-state index in [1.807, 2.05) is 31.0 Å². The fourth-order valence-corrected chi connectivity index (χ4v) is 3.08. The minimum Gasteiger partial charge on any atom is -0.464 e. The summed E-state index contributed by atoms with van der Waals surface area (Å²) in [5.41, 5.74) is 0.733. The first-order valence-electron chi connectivity index (χ1n) is 8.30. The predicted molar refractivity (Wildman–Crippen MR) is 93.8 cm³/mol. The van der Waals surface area contributed by atoms with Gasteiger partial charge in [0, 0.05) is 31.9 Å². The summed E-state index contributed by atoms with van der Waals surface area (Å²) in [6.07, 6.45) is 1.88. The Morgan fingerprint density at radius 1 is 1.28 bits per heavy atom. The molecule has 1 fully saturated rings. The fourth-order valence-electron chi connectivity index (χ4n) is 3.08. The van der Waals surface area contributed by atoms with Crippen molar-refractivity contribution in [1.82, 2.24) is 4.90 Å². The molecule has 0 atom stereocenters. The molecule has 0 radical (unpaired) electrons. The summed E-state index contributed by atoms with van der Waals surface area (Å²) in [6.45, 7) is 3.70. The van der Waals surface area contributed by atoms with Gasteiger partial charge in [-0.3, -0.25) is 14.9 Å². The van der Waals surface area contributed by atoms with E-state index in [1.165, 1.54) is 6.07 Å². The van der Waals surface area contributed by atoms with Gasteiger partial charge in [0.2, 0.25) is 0 Å². The van der Waals surface area contributed by atoms with E-state index in [0.29, 0.717) is 19.6 Å². The summed E-state index contributed by atoms with van der Waals surface area (Å²) in [4.78, 5) is 27.1. The SMILES string of the molecule is Cc1ccc(CN(C)c2ccc([N+](=O)[O-])c(C(=O)N3CCCC3)c2)o1. The number of nitro groups is 1. The number of anilines is 1. The van der Waals surface area contributed by atoms with Gasteiger partial charge in [0.1, 0.15) is 17.1 Å². The summed E-state index contributed by atoms with van der Waals surface area (Å²) in [5, 5.41) is 11.3. The lowest BCUT2D eigenvalue weighted by atomic mass is 10.1. The van der Waals surface area contributed by atoms with E-state index >= 15 is 0 Å². The largest absolute Gasteiger partial charge is 0.464 e. The van der Waals surface area contributed by atoms with Crippen LogP contribution in [0.5, 0.6) is 0 Å². The highest BCUT2D eigenvalue weighted by molar-refractivity contribution is 5.99. The Balaban J connectivity index is 1.88. The van der Waals surface area contributed by atoms with E-state index < -0.39 is 4.92 Å². The number of carbonyl (C=O) groups excluding carboxylic acids is 1. The number of hydrogen-bond donors (Lipinski definition) is 0. The Hall–Kier alpha value is -2.83. The van der Waals surface area contributed by atoms with Crippen LogP contribution < -0.4 is 4.90 Å². The normalized spacial score (nSPS) is 13.9. The first kappa shape index (κ1) is 17.0. The van der Waals surface area contributed by atoms with E-state index in [9.17, 15) is 14.9 Å². The molecule has 25 heavy (non-hydrogen) atoms. The molecule has 1 aliphatic heterocycles. The van der Waals surface area contributed by atoms with Gasteiger partial charge in [-0.1, -0.05) is 0 Å². The number of nitrogens with zero attached hydrogens (tertiary/aromatic N) is 3. The van der Waals surface area contributed by atoms with E-state index in [4.69, 9.17) is 4.42 Å². The van der Waals surface area contributed by atoms with Crippen LogP contribution in [0.3, 0.4) is 0 Å². The number of likely N-dealkylation sites (tertiary alicyclic amines) is 1. The van der Waals surface area contributed by atoms with Crippen LogP contribution >= 0.6 is 0 Å². The van der Waals surface area contributed by atoms with Gasteiger partial charge in [0.25, 0.3) is 11.6 Å². The Morgan fingerprint density at radius 2 is 2.00 bits per heavy atom. The highest BCUT2D eigenvalue weighted by atomic mass is 16.6. The second kappa shape index (κ2) is 6.96. The molecule has 0 bridgehead atoms. The standard InChI is InChI=1S/C18H21N3O4/c1-13-5-7-15(25-13)12-19(2)14-6-8-17(21(23)24)16(11-14)18(22)20-9-3-4-10-20/h5-8,11H,3-4,9-10,12H2,1-2H3. The summed E-state index contributed by atoms with van der Waals surface area (Å²) in [7, 11) is 1.86. The molecule has 1 amide bonds. The molecular formula is C18H21N3O4. The molecule has 0 saturated carbocycles. The molecule has 3 rings (SSSR count). The molecule has 132 valence electrons. The third kappa shape index (κ3) is 3.65. The van der Waals surface area contributed by atoms with Crippen molar-refractivity contribution in [3.05, 3.63) is 57.5 Å². The molecule has 1 aromatic heterocycles. The molecule has 1 saturated heterocycles. The van der Waals surface area contributed by atoms with Gasteiger partial charge >= 0.3 is 0 Å². The molecule has 1 aliphatic rings. The number of benzene rings is 1. The topological polar surface area (TPSA) is 79.8 Å². The van der Waals surface area contributed by atoms with Gasteiger partial charge in [-0.05, 0) is 44.0 Å². The molecule has 2 aromatic rings. The summed E-state index contributed by atoms with van der Waals surface area (Å²) < 4.78 is 5.57. The van der Waals surface area contributed by atoms with Crippen molar-refractivity contribution in [2.75, 3.05) is 25.0 Å². The number of carbonyl (C=O) groups is 1. The molecule has 0 unspecified atom stereocenters. The predicted octanol–water partition coefficient (Wildman–Crippen LogP) is 3.37. The lowest BCUT2D eigenvalue weighted by Gasteiger charge is -2.20. The molecule has 0 aliphatic carbocycles. The zero-order valence-corrected chi connectivity index (χ0v) is 14.4. The smallest absolute Gasteiger partial charge is 0.282 e. The zero-order valence-electron chi connectivity index (χ0n) is 14.4. The van der Waals surface area contributed by atoms with Crippen molar-refractivity contribution in [1.29, 1.82) is 0 Å². The van der Waals surface area contributed by atoms with Crippen LogP contribution in [0.25, 0.3) is 0 Å². The number of rotatable bonds is 5. The lowest BCUT2D eigenvalue weighted by Crippen LogP contribution is -2.28. The van der Waals surface area contributed by atoms with Crippen LogP contribution in [-0.2, 0) is 6.54 Å². The number of nitro benzene ring substituents is 1. The van der Waals surface area contributed by atoms with Gasteiger partial charge in [-0.2, -0.15) is 0 Å². The maximum Gasteiger partial charge on any atom is 0.282 e. The van der Waals surface area contributed by atoms with Crippen molar-refractivity contribution >= 4 is 17.3 Å². The second-order valence-electron chi connectivity index (χ2n) is 6.33. The van der Waals surface area contributed by atoms with Gasteiger partial charge < -0.3 is 14.2 Å². The molecule has 2 heterocycles. The van der Waals surface area contributed by atoms with Crippen LogP contribution in [0.1, 0.15) is 34.7 Å². The average molecular weight is 343 g/mol. The Kier molecular flexibility index (Phi) is 4.74. The van der Waals surface area contributed by atoms with E-state index in [0.717, 1.165) is 30.0 Å². The fraction of sp³-hybridized carbons (Fsp3) is 0.389. The second-order valence-corrected chi connectivity index (χ2v) is 6.33. The van der Waals surface area contributed by atoms with Crippen molar-refractivity contribution < 1.29 is 14.1 Å². The molecule has 7 heteroatoms. The highest BCUT2D eigenvalue weighted by Crippen LogP contribution is 2.28. The van der Waals surface area contributed by atoms with Crippen LogP contribution in [0.4, 0.5) is 11.4 Å². The van der Waals surface area contributed by atoms with E-state index in [2.05, 4.69) is 0 Å². The summed E-state index contributed by atoms with van der Waals surface area (Å²) >= 11 is 0. The molecular weight excluding hydrogens is 322 g/mol. The minimum atomic E-state index is -0.497. The van der Waals surface area contributed by atoms with E-state index in [1.54, 1.807) is 17.0 Å². The average Bonchev–Trinajstić information content (AvgIpc) is 3.25. The summed E-state index contributed by atoms with van der Waals surface area (Å²) in [5.74, 6) is 1.36. The third-order valence-corrected chi connectivity index (χ3v) is 4.43. The Bertz CT molecular complexity index is 793. The first-order chi connectivity index (χ1) is 12.0. The molecule has 0 N–H and O–H groups in total. The van der Waals surface area contributed by atoms with E-state index in [-0.39, 0.29) is 17.2 Å². The highest BCUT2D eigenvalue weighted by Gasteiger charge is 2.27. The van der Waals surface area contributed by atoms with Crippen LogP contribution in [0, 0.1) is 17.0 Å². The van der Waals surface area contributed by atoms with Gasteiger partial charge in [-0.15, -0.1) is 0 Å². The lowest BCUT2D eigenvalue weighted by molar-refractivity contribution is -0.385. The van der Waals surface area contributed by atoms with Crippen LogP contribution in [0.15, 0.2) is 34.7 Å². The molecule has 0 spiro atoms. The van der Waals surface area contributed by atoms with Crippen molar-refractivity contribution in [3.8, 4) is 0 Å². The first-order valence-corrected chi connectivity index (χ1v) is 8.30. The van der Waals surface area contributed by atoms with Gasteiger partial charge in [0.15, 0.2) is 0 Å². The summed E-state index contributed by atoms with van der Waals surface area (Å²) in [6, 6.07) is 8.46. The number of furan rings is 1. The zero-order chi connectivity index (χ0) is 18.0.